The van der Waals surface area contributed by atoms with E-state index in [1.54, 1.807) is 6.07 Å². The Morgan fingerprint density at radius 3 is 2.38 bits per heavy atom. The summed E-state index contributed by atoms with van der Waals surface area (Å²) < 4.78 is 28.2. The minimum Gasteiger partial charge on any atom is -0.352 e. The fourth-order valence-electron chi connectivity index (χ4n) is 5.97. The summed E-state index contributed by atoms with van der Waals surface area (Å²) >= 11 is 0. The monoisotopic (exact) mass is 564 g/mol. The molecule has 1 aromatic heterocycles. The Labute approximate surface area is 236 Å². The lowest BCUT2D eigenvalue weighted by atomic mass is 9.90. The van der Waals surface area contributed by atoms with Crippen LogP contribution in [0.3, 0.4) is 0 Å². The molecule has 0 bridgehead atoms. The van der Waals surface area contributed by atoms with Gasteiger partial charge in [0, 0.05) is 36.6 Å². The van der Waals surface area contributed by atoms with E-state index >= 15 is 0 Å². The molecule has 2 aliphatic rings. The van der Waals surface area contributed by atoms with Crippen LogP contribution in [0.5, 0.6) is 0 Å². The number of aromatic amines is 1. The molecule has 3 heterocycles. The second kappa shape index (κ2) is 13.1. The van der Waals surface area contributed by atoms with E-state index < -0.39 is 10.0 Å². The summed E-state index contributed by atoms with van der Waals surface area (Å²) in [6.45, 7) is 4.54. The maximum atomic E-state index is 13.4. The summed E-state index contributed by atoms with van der Waals surface area (Å²) in [5.41, 5.74) is 1.67. The van der Waals surface area contributed by atoms with E-state index in [0.717, 1.165) is 64.1 Å². The average molecular weight is 565 g/mol. The highest BCUT2D eigenvalue weighted by molar-refractivity contribution is 7.89. The Bertz CT molecular complexity index is 1460. The highest BCUT2D eigenvalue weighted by Crippen LogP contribution is 2.25. The number of nitrogens with zero attached hydrogens (tertiary/aromatic N) is 2. The number of pyridine rings is 1. The van der Waals surface area contributed by atoms with E-state index in [-0.39, 0.29) is 21.9 Å². The fraction of sp³-hybridized carbons (Fsp3) is 0.484. The first-order valence-electron chi connectivity index (χ1n) is 14.6. The van der Waals surface area contributed by atoms with E-state index in [0.29, 0.717) is 30.5 Å². The Hall–Kier alpha value is -3.01. The number of fused-ring (bicyclic) bond motifs is 1. The van der Waals surface area contributed by atoms with Crippen molar-refractivity contribution in [1.82, 2.24) is 19.5 Å². The van der Waals surface area contributed by atoms with Gasteiger partial charge < -0.3 is 15.2 Å². The smallest absolute Gasteiger partial charge is 0.252 e. The van der Waals surface area contributed by atoms with Crippen LogP contribution in [0, 0.1) is 5.92 Å². The molecule has 2 saturated heterocycles. The molecule has 2 fully saturated rings. The summed E-state index contributed by atoms with van der Waals surface area (Å²) in [5.74, 6) is 0.359. The SMILES string of the molecule is O=C(NCCCN1CCC(Cc2ccccc2)CC1)c1cc(=O)[nH]c2ccc(S(=O)(=O)N3CCCCCC3)cc12. The number of rotatable bonds is 9. The number of H-pyrrole nitrogens is 1. The second-order valence-corrected chi connectivity index (χ2v) is 13.1. The van der Waals surface area contributed by atoms with Crippen LogP contribution in [0.1, 0.15) is 60.9 Å². The van der Waals surface area contributed by atoms with Crippen LogP contribution in [0.25, 0.3) is 10.9 Å². The number of piperidine rings is 1. The fourth-order valence-corrected chi connectivity index (χ4v) is 7.52. The van der Waals surface area contributed by atoms with Gasteiger partial charge in [-0.15, -0.1) is 0 Å². The third-order valence-corrected chi connectivity index (χ3v) is 10.2. The van der Waals surface area contributed by atoms with Crippen molar-refractivity contribution in [2.24, 2.45) is 5.92 Å². The Balaban J connectivity index is 1.17. The van der Waals surface area contributed by atoms with Gasteiger partial charge in [-0.2, -0.15) is 4.31 Å². The normalized spacial score (nSPS) is 18.0. The Kier molecular flexibility index (Phi) is 9.34. The number of carbonyl (C=O) groups is 1. The number of sulfonamides is 1. The molecule has 2 aromatic carbocycles. The highest BCUT2D eigenvalue weighted by Gasteiger charge is 2.26. The van der Waals surface area contributed by atoms with Gasteiger partial charge in [-0.1, -0.05) is 43.2 Å². The standard InChI is InChI=1S/C31H40N4O4S/c36-30-23-28(27-22-26(11-12-29(27)33-30)40(38,39)35-17-6-1-2-7-18-35)31(37)32-15-8-16-34-19-13-25(14-20-34)21-24-9-4-3-5-10-24/h3-5,9-12,22-23,25H,1-2,6-8,13-21H2,(H,32,37)(H,33,36). The zero-order chi connectivity index (χ0) is 28.0. The first-order valence-corrected chi connectivity index (χ1v) is 16.1. The molecule has 0 spiro atoms. The minimum atomic E-state index is -3.68. The molecule has 2 N–H and O–H groups in total. The van der Waals surface area contributed by atoms with Gasteiger partial charge in [0.05, 0.1) is 10.5 Å². The van der Waals surface area contributed by atoms with Crippen LogP contribution in [0.2, 0.25) is 0 Å². The first kappa shape index (κ1) is 28.5. The topological polar surface area (TPSA) is 103 Å². The first-order chi connectivity index (χ1) is 19.4. The molecule has 1 amide bonds. The van der Waals surface area contributed by atoms with Gasteiger partial charge in [0.25, 0.3) is 5.91 Å². The number of benzene rings is 2. The van der Waals surface area contributed by atoms with Gasteiger partial charge in [0.2, 0.25) is 15.6 Å². The molecule has 3 aromatic rings. The van der Waals surface area contributed by atoms with Crippen molar-refractivity contribution in [3.8, 4) is 0 Å². The van der Waals surface area contributed by atoms with Crippen molar-refractivity contribution in [3.63, 3.8) is 0 Å². The molecule has 0 atom stereocenters. The van der Waals surface area contributed by atoms with Crippen molar-refractivity contribution in [1.29, 1.82) is 0 Å². The molecule has 0 radical (unpaired) electrons. The van der Waals surface area contributed by atoms with E-state index in [4.69, 9.17) is 0 Å². The van der Waals surface area contributed by atoms with Crippen molar-refractivity contribution in [2.45, 2.75) is 56.3 Å². The number of aromatic nitrogens is 1. The van der Waals surface area contributed by atoms with Crippen LogP contribution in [0.4, 0.5) is 0 Å². The van der Waals surface area contributed by atoms with Crippen molar-refractivity contribution >= 4 is 26.8 Å². The third kappa shape index (κ3) is 7.00. The van der Waals surface area contributed by atoms with Gasteiger partial charge in [-0.05, 0) is 87.8 Å². The van der Waals surface area contributed by atoms with E-state index in [1.165, 1.54) is 40.9 Å². The molecule has 5 rings (SSSR count). The molecule has 214 valence electrons. The zero-order valence-corrected chi connectivity index (χ0v) is 23.9. The van der Waals surface area contributed by atoms with E-state index in [2.05, 4.69) is 45.5 Å². The maximum absolute atomic E-state index is 13.4. The zero-order valence-electron chi connectivity index (χ0n) is 23.1. The van der Waals surface area contributed by atoms with Crippen LogP contribution >= 0.6 is 0 Å². The summed E-state index contributed by atoms with van der Waals surface area (Å²) in [4.78, 5) is 30.8. The lowest BCUT2D eigenvalue weighted by Crippen LogP contribution is -2.36. The van der Waals surface area contributed by atoms with Crippen LogP contribution in [-0.2, 0) is 16.4 Å². The van der Waals surface area contributed by atoms with E-state index in [1.807, 2.05) is 0 Å². The number of carbonyl (C=O) groups excluding carboxylic acids is 1. The lowest BCUT2D eigenvalue weighted by molar-refractivity contribution is 0.0952. The summed E-state index contributed by atoms with van der Waals surface area (Å²) in [6, 6.07) is 16.6. The third-order valence-electron chi connectivity index (χ3n) is 8.27. The van der Waals surface area contributed by atoms with Crippen LogP contribution in [0.15, 0.2) is 64.3 Å². The highest BCUT2D eigenvalue weighted by atomic mass is 32.2. The number of nitrogens with one attached hydrogen (secondary N) is 2. The van der Waals surface area contributed by atoms with Crippen molar-refractivity contribution in [3.05, 3.63) is 76.1 Å². The summed E-state index contributed by atoms with van der Waals surface area (Å²) in [7, 11) is -3.68. The minimum absolute atomic E-state index is 0.152. The van der Waals surface area contributed by atoms with Crippen LogP contribution in [-0.4, -0.2) is 67.8 Å². The number of likely N-dealkylation sites (tertiary alicyclic amines) is 1. The van der Waals surface area contributed by atoms with Crippen molar-refractivity contribution < 1.29 is 13.2 Å². The van der Waals surface area contributed by atoms with Crippen molar-refractivity contribution in [2.75, 3.05) is 39.3 Å². The predicted molar refractivity (Wildman–Crippen MR) is 158 cm³/mol. The number of hydrogen-bond donors (Lipinski definition) is 2. The van der Waals surface area contributed by atoms with Crippen LogP contribution < -0.4 is 10.9 Å². The quantitative estimate of drug-likeness (QED) is 0.380. The molecule has 2 aliphatic heterocycles. The largest absolute Gasteiger partial charge is 0.352 e. The Morgan fingerprint density at radius 1 is 0.925 bits per heavy atom. The van der Waals surface area contributed by atoms with E-state index in [9.17, 15) is 18.0 Å². The average Bonchev–Trinajstić information content (AvgIpc) is 3.26. The Morgan fingerprint density at radius 2 is 1.65 bits per heavy atom. The molecule has 0 unspecified atom stereocenters. The summed E-state index contributed by atoms with van der Waals surface area (Å²) in [5, 5.41) is 3.39. The lowest BCUT2D eigenvalue weighted by Gasteiger charge is -2.32. The molecule has 8 nitrogen and oxygen atoms in total. The van der Waals surface area contributed by atoms with Gasteiger partial charge in [0.1, 0.15) is 0 Å². The molecular formula is C31H40N4O4S. The van der Waals surface area contributed by atoms with Gasteiger partial charge in [0.15, 0.2) is 0 Å². The second-order valence-electron chi connectivity index (χ2n) is 11.2. The molecule has 0 saturated carbocycles. The van der Waals surface area contributed by atoms with Gasteiger partial charge in [-0.25, -0.2) is 8.42 Å². The number of hydrogen-bond acceptors (Lipinski definition) is 5. The predicted octanol–water partition coefficient (Wildman–Crippen LogP) is 4.17. The summed E-state index contributed by atoms with van der Waals surface area (Å²) in [6.07, 6.45) is 8.06. The van der Waals surface area contributed by atoms with Gasteiger partial charge in [-0.3, -0.25) is 9.59 Å². The van der Waals surface area contributed by atoms with Gasteiger partial charge >= 0.3 is 0 Å². The molecule has 9 heteroatoms. The molecule has 40 heavy (non-hydrogen) atoms. The number of amides is 1. The molecular weight excluding hydrogens is 524 g/mol. The molecule has 0 aliphatic carbocycles. The maximum Gasteiger partial charge on any atom is 0.252 e.